The van der Waals surface area contributed by atoms with E-state index in [1.54, 1.807) is 18.2 Å². The van der Waals surface area contributed by atoms with Crippen LogP contribution in [0.25, 0.3) is 0 Å². The Morgan fingerprint density at radius 3 is 2.83 bits per heavy atom. The van der Waals surface area contributed by atoms with Gasteiger partial charge in [0.15, 0.2) is 5.82 Å². The molecule has 2 aromatic rings. The zero-order valence-corrected chi connectivity index (χ0v) is 12.0. The number of hydrogen-bond donors (Lipinski definition) is 2. The van der Waals surface area contributed by atoms with Crippen molar-refractivity contribution in [2.24, 2.45) is 0 Å². The van der Waals surface area contributed by atoms with Gasteiger partial charge in [0.2, 0.25) is 0 Å². The van der Waals surface area contributed by atoms with Gasteiger partial charge in [0.25, 0.3) is 5.56 Å². The van der Waals surface area contributed by atoms with Crippen LogP contribution in [-0.2, 0) is 0 Å². The highest BCUT2D eigenvalue weighted by Gasteiger charge is 2.06. The molecular formula is C11H6Br2N4O. The van der Waals surface area contributed by atoms with E-state index in [9.17, 15) is 4.79 Å². The van der Waals surface area contributed by atoms with Crippen molar-refractivity contribution in [1.29, 1.82) is 5.26 Å². The smallest absolute Gasteiger partial charge is 0.267 e. The summed E-state index contributed by atoms with van der Waals surface area (Å²) in [7, 11) is 0. The van der Waals surface area contributed by atoms with Gasteiger partial charge in [-0.2, -0.15) is 5.26 Å². The molecule has 18 heavy (non-hydrogen) atoms. The zero-order valence-electron chi connectivity index (χ0n) is 8.87. The monoisotopic (exact) mass is 368 g/mol. The first-order valence-corrected chi connectivity index (χ1v) is 6.40. The van der Waals surface area contributed by atoms with Crippen molar-refractivity contribution in [3.8, 4) is 6.07 Å². The Kier molecular flexibility index (Phi) is 3.79. The predicted molar refractivity (Wildman–Crippen MR) is 74.7 cm³/mol. The lowest BCUT2D eigenvalue weighted by molar-refractivity contribution is 1.10. The molecular weight excluding hydrogens is 364 g/mol. The van der Waals surface area contributed by atoms with E-state index in [0.717, 1.165) is 5.69 Å². The van der Waals surface area contributed by atoms with Crippen LogP contribution in [-0.4, -0.2) is 9.97 Å². The second-order valence-corrected chi connectivity index (χ2v) is 4.97. The number of rotatable bonds is 2. The second kappa shape index (κ2) is 5.33. The largest absolute Gasteiger partial charge is 0.339 e. The first kappa shape index (κ1) is 12.8. The first-order valence-electron chi connectivity index (χ1n) is 4.81. The molecule has 2 rings (SSSR count). The number of halogens is 2. The Morgan fingerprint density at radius 1 is 1.39 bits per heavy atom. The van der Waals surface area contributed by atoms with E-state index in [2.05, 4.69) is 53.2 Å². The molecule has 0 atom stereocenters. The van der Waals surface area contributed by atoms with Crippen molar-refractivity contribution < 1.29 is 0 Å². The summed E-state index contributed by atoms with van der Waals surface area (Å²) in [4.78, 5) is 17.8. The molecule has 2 N–H and O–H groups in total. The van der Waals surface area contributed by atoms with E-state index in [-0.39, 0.29) is 5.56 Å². The molecule has 5 nitrogen and oxygen atoms in total. The fourth-order valence-corrected chi connectivity index (χ4v) is 2.07. The normalized spacial score (nSPS) is 9.83. The molecule has 0 aliphatic heterocycles. The molecule has 0 bridgehead atoms. The van der Waals surface area contributed by atoms with Crippen molar-refractivity contribution >= 4 is 43.4 Å². The molecule has 1 aromatic carbocycles. The summed E-state index contributed by atoms with van der Waals surface area (Å²) in [6.07, 6.45) is 1.31. The fourth-order valence-electron chi connectivity index (χ4n) is 1.29. The molecule has 0 spiro atoms. The van der Waals surface area contributed by atoms with Gasteiger partial charge in [0.1, 0.15) is 10.5 Å². The van der Waals surface area contributed by atoms with Gasteiger partial charge in [-0.25, -0.2) is 4.98 Å². The van der Waals surface area contributed by atoms with Crippen LogP contribution in [0.4, 0.5) is 11.5 Å². The summed E-state index contributed by atoms with van der Waals surface area (Å²) in [5.74, 6) is 0.412. The average Bonchev–Trinajstić information content (AvgIpc) is 2.35. The lowest BCUT2D eigenvalue weighted by atomic mass is 10.2. The summed E-state index contributed by atoms with van der Waals surface area (Å²) in [6, 6.07) is 7.21. The van der Waals surface area contributed by atoms with Crippen LogP contribution in [0, 0.1) is 11.3 Å². The summed E-state index contributed by atoms with van der Waals surface area (Å²) < 4.78 is 1.00. The third-order valence-electron chi connectivity index (χ3n) is 2.15. The van der Waals surface area contributed by atoms with Crippen molar-refractivity contribution in [2.75, 3.05) is 5.32 Å². The molecule has 0 saturated heterocycles. The van der Waals surface area contributed by atoms with Crippen LogP contribution in [0.1, 0.15) is 5.56 Å². The van der Waals surface area contributed by atoms with Crippen LogP contribution >= 0.6 is 31.9 Å². The maximum absolute atomic E-state index is 11.4. The SMILES string of the molecule is N#Cc1ccc(Nc2nc[nH]c(=O)c2Br)cc1Br. The van der Waals surface area contributed by atoms with Gasteiger partial charge in [-0.05, 0) is 50.1 Å². The molecule has 1 heterocycles. The molecule has 0 saturated carbocycles. The third kappa shape index (κ3) is 2.60. The minimum atomic E-state index is -0.264. The predicted octanol–water partition coefficient (Wildman–Crippen LogP) is 2.91. The second-order valence-electron chi connectivity index (χ2n) is 3.33. The Bertz CT molecular complexity index is 690. The molecule has 0 radical (unpaired) electrons. The Balaban J connectivity index is 2.35. The lowest BCUT2D eigenvalue weighted by Gasteiger charge is -2.07. The molecule has 7 heteroatoms. The third-order valence-corrected chi connectivity index (χ3v) is 3.54. The van der Waals surface area contributed by atoms with E-state index in [0.29, 0.717) is 20.3 Å². The van der Waals surface area contributed by atoms with Crippen LogP contribution in [0.3, 0.4) is 0 Å². The number of aromatic amines is 1. The van der Waals surface area contributed by atoms with Gasteiger partial charge in [-0.3, -0.25) is 4.79 Å². The number of nitrogens with zero attached hydrogens (tertiary/aromatic N) is 2. The number of H-pyrrole nitrogens is 1. The molecule has 0 aliphatic carbocycles. The number of aromatic nitrogens is 2. The highest BCUT2D eigenvalue weighted by molar-refractivity contribution is 9.10. The van der Waals surface area contributed by atoms with Gasteiger partial charge in [-0.15, -0.1) is 0 Å². The van der Waals surface area contributed by atoms with Crippen molar-refractivity contribution in [1.82, 2.24) is 9.97 Å². The quantitative estimate of drug-likeness (QED) is 0.852. The van der Waals surface area contributed by atoms with Crippen LogP contribution in [0.15, 0.2) is 38.3 Å². The van der Waals surface area contributed by atoms with E-state index >= 15 is 0 Å². The lowest BCUT2D eigenvalue weighted by Crippen LogP contribution is -2.10. The summed E-state index contributed by atoms with van der Waals surface area (Å²) in [5.41, 5.74) is 0.998. The average molecular weight is 370 g/mol. The number of benzene rings is 1. The van der Waals surface area contributed by atoms with Crippen molar-refractivity contribution in [2.45, 2.75) is 0 Å². The molecule has 0 fully saturated rings. The number of anilines is 2. The minimum Gasteiger partial charge on any atom is -0.339 e. The Hall–Kier alpha value is -1.65. The minimum absolute atomic E-state index is 0.264. The molecule has 0 unspecified atom stereocenters. The van der Waals surface area contributed by atoms with Crippen molar-refractivity contribution in [3.05, 3.63) is 49.4 Å². The topological polar surface area (TPSA) is 81.6 Å². The van der Waals surface area contributed by atoms with E-state index in [4.69, 9.17) is 5.26 Å². The van der Waals surface area contributed by atoms with Crippen LogP contribution < -0.4 is 10.9 Å². The number of nitrogens with one attached hydrogen (secondary N) is 2. The summed E-state index contributed by atoms with van der Waals surface area (Å²) in [6.45, 7) is 0. The highest BCUT2D eigenvalue weighted by atomic mass is 79.9. The number of nitriles is 1. The van der Waals surface area contributed by atoms with Gasteiger partial charge in [-0.1, -0.05) is 0 Å². The summed E-state index contributed by atoms with van der Waals surface area (Å²) >= 11 is 6.44. The van der Waals surface area contributed by atoms with E-state index < -0.39 is 0 Å². The zero-order chi connectivity index (χ0) is 13.1. The van der Waals surface area contributed by atoms with E-state index in [1.165, 1.54) is 6.33 Å². The Morgan fingerprint density at radius 2 is 2.17 bits per heavy atom. The molecule has 90 valence electrons. The summed E-state index contributed by atoms with van der Waals surface area (Å²) in [5, 5.41) is 11.8. The van der Waals surface area contributed by atoms with Crippen molar-refractivity contribution in [3.63, 3.8) is 0 Å². The fraction of sp³-hybridized carbons (Fsp3) is 0. The van der Waals surface area contributed by atoms with Gasteiger partial charge in [0, 0.05) is 10.2 Å². The number of hydrogen-bond acceptors (Lipinski definition) is 4. The van der Waals surface area contributed by atoms with Crippen LogP contribution in [0.5, 0.6) is 0 Å². The van der Waals surface area contributed by atoms with Gasteiger partial charge < -0.3 is 10.3 Å². The maximum atomic E-state index is 11.4. The standard InChI is InChI=1S/C11H6Br2N4O/c12-8-3-7(2-1-6(8)4-14)17-10-9(13)11(18)16-5-15-10/h1-3,5H,(H2,15,16,17,18). The maximum Gasteiger partial charge on any atom is 0.267 e. The molecule has 1 aromatic heterocycles. The highest BCUT2D eigenvalue weighted by Crippen LogP contribution is 2.24. The first-order chi connectivity index (χ1) is 8.61. The van der Waals surface area contributed by atoms with Gasteiger partial charge in [0.05, 0.1) is 11.9 Å². The van der Waals surface area contributed by atoms with E-state index in [1.807, 2.05) is 0 Å². The molecule has 0 aliphatic rings. The molecule has 0 amide bonds. The Labute approximate surface area is 119 Å². The van der Waals surface area contributed by atoms with Gasteiger partial charge >= 0.3 is 0 Å². The van der Waals surface area contributed by atoms with Crippen LogP contribution in [0.2, 0.25) is 0 Å².